The maximum Gasteiger partial charge on any atom is 0.321 e. The summed E-state index contributed by atoms with van der Waals surface area (Å²) in [4.78, 5) is 19.2. The highest BCUT2D eigenvalue weighted by atomic mass is 32.1. The van der Waals surface area contributed by atoms with Gasteiger partial charge in [-0.3, -0.25) is 5.32 Å². The van der Waals surface area contributed by atoms with Crippen molar-refractivity contribution in [3.8, 4) is 5.75 Å². The lowest BCUT2D eigenvalue weighted by Gasteiger charge is -2.29. The number of morpholine rings is 1. The SMILES string of the molecule is COc1ccc(N2CCOCC2)c2sc(NC(=O)NC3CCCC3)nc12. The summed E-state index contributed by atoms with van der Waals surface area (Å²) in [6, 6.07) is 4.10. The zero-order valence-electron chi connectivity index (χ0n) is 14.9. The fourth-order valence-corrected chi connectivity index (χ4v) is 4.65. The minimum absolute atomic E-state index is 0.178. The first-order valence-electron chi connectivity index (χ1n) is 9.12. The number of hydrogen-bond donors (Lipinski definition) is 2. The van der Waals surface area contributed by atoms with Crippen molar-refractivity contribution < 1.29 is 14.3 Å². The van der Waals surface area contributed by atoms with E-state index < -0.39 is 0 Å². The Morgan fingerprint density at radius 1 is 1.31 bits per heavy atom. The Kier molecular flexibility index (Phi) is 5.12. The number of nitrogens with one attached hydrogen (secondary N) is 2. The monoisotopic (exact) mass is 376 g/mol. The molecule has 2 N–H and O–H groups in total. The van der Waals surface area contributed by atoms with E-state index >= 15 is 0 Å². The van der Waals surface area contributed by atoms with Crippen LogP contribution in [-0.2, 0) is 4.74 Å². The number of ether oxygens (including phenoxy) is 2. The van der Waals surface area contributed by atoms with Crippen LogP contribution in [0.5, 0.6) is 5.75 Å². The lowest BCUT2D eigenvalue weighted by molar-refractivity contribution is 0.123. The van der Waals surface area contributed by atoms with E-state index in [1.807, 2.05) is 6.07 Å². The van der Waals surface area contributed by atoms with Crippen LogP contribution in [0.4, 0.5) is 15.6 Å². The summed E-state index contributed by atoms with van der Waals surface area (Å²) in [6.45, 7) is 3.15. The second kappa shape index (κ2) is 7.67. The second-order valence-electron chi connectivity index (χ2n) is 6.66. The summed E-state index contributed by atoms with van der Waals surface area (Å²) in [6.07, 6.45) is 4.49. The number of amides is 2. The highest BCUT2D eigenvalue weighted by Gasteiger charge is 2.21. The van der Waals surface area contributed by atoms with E-state index in [4.69, 9.17) is 9.47 Å². The molecule has 1 aliphatic carbocycles. The molecule has 1 aliphatic heterocycles. The fraction of sp³-hybridized carbons (Fsp3) is 0.556. The van der Waals surface area contributed by atoms with E-state index in [9.17, 15) is 4.79 Å². The molecule has 1 saturated carbocycles. The summed E-state index contributed by atoms with van der Waals surface area (Å²) in [7, 11) is 1.64. The van der Waals surface area contributed by atoms with Crippen LogP contribution in [0.25, 0.3) is 10.2 Å². The van der Waals surface area contributed by atoms with Crippen molar-refractivity contribution in [1.29, 1.82) is 0 Å². The van der Waals surface area contributed by atoms with Crippen molar-refractivity contribution in [2.45, 2.75) is 31.7 Å². The Labute approximate surface area is 156 Å². The van der Waals surface area contributed by atoms with E-state index in [0.717, 1.165) is 60.8 Å². The number of fused-ring (bicyclic) bond motifs is 1. The normalized spacial score (nSPS) is 18.3. The second-order valence-corrected chi connectivity index (χ2v) is 7.66. The molecule has 7 nitrogen and oxygen atoms in total. The summed E-state index contributed by atoms with van der Waals surface area (Å²) < 4.78 is 12.0. The van der Waals surface area contributed by atoms with E-state index in [1.54, 1.807) is 7.11 Å². The van der Waals surface area contributed by atoms with E-state index in [2.05, 4.69) is 26.6 Å². The highest BCUT2D eigenvalue weighted by molar-refractivity contribution is 7.23. The molecule has 0 bridgehead atoms. The van der Waals surface area contributed by atoms with Gasteiger partial charge in [-0.2, -0.15) is 0 Å². The number of methoxy groups -OCH3 is 1. The maximum absolute atomic E-state index is 12.3. The van der Waals surface area contributed by atoms with Gasteiger partial charge in [0.25, 0.3) is 0 Å². The Morgan fingerprint density at radius 2 is 2.08 bits per heavy atom. The highest BCUT2D eigenvalue weighted by Crippen LogP contribution is 2.39. The molecule has 2 aromatic rings. The predicted molar refractivity (Wildman–Crippen MR) is 104 cm³/mol. The van der Waals surface area contributed by atoms with Gasteiger partial charge in [-0.05, 0) is 25.0 Å². The molecule has 1 aromatic carbocycles. The van der Waals surface area contributed by atoms with Gasteiger partial charge in [-0.1, -0.05) is 24.2 Å². The standard InChI is InChI=1S/C18H24N4O3S/c1-24-14-7-6-13(22-8-10-25-11-9-22)16-15(14)20-18(26-16)21-17(23)19-12-4-2-3-5-12/h6-7,12H,2-5,8-11H2,1H3,(H2,19,20,21,23). The third kappa shape index (κ3) is 3.57. The van der Waals surface area contributed by atoms with Gasteiger partial charge in [0.15, 0.2) is 5.13 Å². The van der Waals surface area contributed by atoms with Crippen LogP contribution in [0, 0.1) is 0 Å². The molecular weight excluding hydrogens is 352 g/mol. The number of aromatic nitrogens is 1. The van der Waals surface area contributed by atoms with Gasteiger partial charge in [0.2, 0.25) is 0 Å². The van der Waals surface area contributed by atoms with Gasteiger partial charge < -0.3 is 19.7 Å². The lowest BCUT2D eigenvalue weighted by atomic mass is 10.2. The largest absolute Gasteiger partial charge is 0.494 e. The molecular formula is C18H24N4O3S. The van der Waals surface area contributed by atoms with Crippen LogP contribution in [0.2, 0.25) is 0 Å². The van der Waals surface area contributed by atoms with Crippen molar-refractivity contribution in [3.63, 3.8) is 0 Å². The molecule has 2 heterocycles. The summed E-state index contributed by atoms with van der Waals surface area (Å²) in [5.74, 6) is 0.720. The number of anilines is 2. The molecule has 8 heteroatoms. The first-order chi connectivity index (χ1) is 12.7. The van der Waals surface area contributed by atoms with Crippen molar-refractivity contribution in [2.75, 3.05) is 43.6 Å². The molecule has 4 rings (SSSR count). The number of carbonyl (C=O) groups is 1. The zero-order chi connectivity index (χ0) is 17.9. The molecule has 2 amide bonds. The molecule has 0 atom stereocenters. The van der Waals surface area contributed by atoms with Gasteiger partial charge in [-0.25, -0.2) is 9.78 Å². The van der Waals surface area contributed by atoms with Crippen LogP contribution in [0.15, 0.2) is 12.1 Å². The summed E-state index contributed by atoms with van der Waals surface area (Å²) in [5, 5.41) is 6.53. The van der Waals surface area contributed by atoms with Gasteiger partial charge in [0.1, 0.15) is 11.3 Å². The molecule has 1 aromatic heterocycles. The average Bonchev–Trinajstić information content (AvgIpc) is 3.31. The first kappa shape index (κ1) is 17.4. The minimum Gasteiger partial charge on any atom is -0.494 e. The van der Waals surface area contributed by atoms with E-state index in [1.165, 1.54) is 24.2 Å². The molecule has 26 heavy (non-hydrogen) atoms. The quantitative estimate of drug-likeness (QED) is 0.857. The Morgan fingerprint density at radius 3 is 2.81 bits per heavy atom. The topological polar surface area (TPSA) is 75.7 Å². The van der Waals surface area contributed by atoms with Crippen LogP contribution in [0.1, 0.15) is 25.7 Å². The molecule has 2 fully saturated rings. The summed E-state index contributed by atoms with van der Waals surface area (Å²) in [5.41, 5.74) is 1.91. The van der Waals surface area contributed by atoms with Crippen molar-refractivity contribution in [2.24, 2.45) is 0 Å². The number of hydrogen-bond acceptors (Lipinski definition) is 6. The zero-order valence-corrected chi connectivity index (χ0v) is 15.7. The van der Waals surface area contributed by atoms with Crippen LogP contribution in [0.3, 0.4) is 0 Å². The maximum atomic E-state index is 12.3. The third-order valence-corrected chi connectivity index (χ3v) is 5.96. The lowest BCUT2D eigenvalue weighted by Crippen LogP contribution is -2.36. The number of benzene rings is 1. The first-order valence-corrected chi connectivity index (χ1v) is 9.94. The third-order valence-electron chi connectivity index (χ3n) is 4.97. The number of rotatable bonds is 4. The predicted octanol–water partition coefficient (Wildman–Crippen LogP) is 3.21. The van der Waals surface area contributed by atoms with Crippen molar-refractivity contribution in [3.05, 3.63) is 12.1 Å². The molecule has 0 unspecified atom stereocenters. The van der Waals surface area contributed by atoms with Crippen molar-refractivity contribution >= 4 is 38.4 Å². The number of thiazole rings is 1. The molecule has 1 saturated heterocycles. The molecule has 140 valence electrons. The summed E-state index contributed by atoms with van der Waals surface area (Å²) >= 11 is 1.49. The smallest absolute Gasteiger partial charge is 0.321 e. The molecule has 0 spiro atoms. The fourth-order valence-electron chi connectivity index (χ4n) is 3.63. The number of carbonyl (C=O) groups excluding carboxylic acids is 1. The Bertz CT molecular complexity index is 782. The van der Waals surface area contributed by atoms with E-state index in [-0.39, 0.29) is 12.1 Å². The van der Waals surface area contributed by atoms with Crippen LogP contribution < -0.4 is 20.3 Å². The van der Waals surface area contributed by atoms with Gasteiger partial charge >= 0.3 is 6.03 Å². The van der Waals surface area contributed by atoms with E-state index in [0.29, 0.717) is 5.13 Å². The number of urea groups is 1. The van der Waals surface area contributed by atoms with Gasteiger partial charge in [0, 0.05) is 19.1 Å². The molecule has 2 aliphatic rings. The Hall–Kier alpha value is -2.06. The molecule has 0 radical (unpaired) electrons. The average molecular weight is 376 g/mol. The van der Waals surface area contributed by atoms with Crippen LogP contribution >= 0.6 is 11.3 Å². The Balaban J connectivity index is 1.58. The minimum atomic E-state index is -0.178. The number of nitrogens with zero attached hydrogens (tertiary/aromatic N) is 2. The van der Waals surface area contributed by atoms with Gasteiger partial charge in [0.05, 0.1) is 30.7 Å². The van der Waals surface area contributed by atoms with Crippen molar-refractivity contribution in [1.82, 2.24) is 10.3 Å². The van der Waals surface area contributed by atoms with Gasteiger partial charge in [-0.15, -0.1) is 0 Å². The van der Waals surface area contributed by atoms with Crippen LogP contribution in [-0.4, -0.2) is 50.5 Å².